The van der Waals surface area contributed by atoms with Crippen molar-refractivity contribution in [2.75, 3.05) is 5.43 Å². The van der Waals surface area contributed by atoms with Crippen LogP contribution >= 0.6 is 34.5 Å². The van der Waals surface area contributed by atoms with Crippen LogP contribution in [0.2, 0.25) is 5.02 Å². The first-order valence-electron chi connectivity index (χ1n) is 5.00. The van der Waals surface area contributed by atoms with E-state index in [9.17, 15) is 4.79 Å². The number of nitrogens with one attached hydrogen (secondary N) is 1. The molecule has 18 heavy (non-hydrogen) atoms. The van der Waals surface area contributed by atoms with Crippen molar-refractivity contribution in [3.63, 3.8) is 0 Å². The number of hydrogen-bond donors (Lipinski definition) is 1. The molecule has 92 valence electrons. The second-order valence-electron chi connectivity index (χ2n) is 3.33. The van der Waals surface area contributed by atoms with Crippen molar-refractivity contribution in [2.45, 2.75) is 0 Å². The molecule has 0 bridgehead atoms. The van der Waals surface area contributed by atoms with Crippen LogP contribution in [0.4, 0.5) is 5.69 Å². The second-order valence-corrected chi connectivity index (χ2v) is 5.07. The summed E-state index contributed by atoms with van der Waals surface area (Å²) in [7, 11) is 0. The van der Waals surface area contributed by atoms with Gasteiger partial charge in [0.05, 0.1) is 10.6 Å². The fraction of sp³-hybridized carbons (Fsp3) is 0. The Balaban J connectivity index is 2.05. The molecular formula is C12H8Cl2N2OS. The summed E-state index contributed by atoms with van der Waals surface area (Å²) in [5, 5.41) is 6.16. The molecule has 0 aliphatic heterocycles. The Morgan fingerprint density at radius 1 is 1.22 bits per heavy atom. The number of hydrazone groups is 1. The summed E-state index contributed by atoms with van der Waals surface area (Å²) in [6, 6.07) is 10.4. The maximum atomic E-state index is 11.8. The zero-order valence-corrected chi connectivity index (χ0v) is 11.4. The smallest absolute Gasteiger partial charge is 0.234 e. The molecule has 0 saturated heterocycles. The maximum Gasteiger partial charge on any atom is 0.234 e. The van der Waals surface area contributed by atoms with Crippen LogP contribution in [0.25, 0.3) is 0 Å². The van der Waals surface area contributed by atoms with Gasteiger partial charge in [0, 0.05) is 5.02 Å². The molecule has 0 spiro atoms. The molecule has 0 unspecified atom stereocenters. The lowest BCUT2D eigenvalue weighted by Gasteiger charge is -2.00. The summed E-state index contributed by atoms with van der Waals surface area (Å²) in [4.78, 5) is 12.3. The average Bonchev–Trinajstić information content (AvgIpc) is 2.90. The molecule has 0 atom stereocenters. The van der Waals surface area contributed by atoms with Crippen molar-refractivity contribution in [1.82, 2.24) is 0 Å². The summed E-state index contributed by atoms with van der Waals surface area (Å²) in [6.07, 6.45) is 0. The Bertz CT molecular complexity index is 564. The van der Waals surface area contributed by atoms with Gasteiger partial charge < -0.3 is 0 Å². The first-order chi connectivity index (χ1) is 8.66. The third-order valence-electron chi connectivity index (χ3n) is 2.06. The highest BCUT2D eigenvalue weighted by Gasteiger charge is 2.12. The van der Waals surface area contributed by atoms with E-state index in [1.165, 1.54) is 11.3 Å². The van der Waals surface area contributed by atoms with E-state index in [2.05, 4.69) is 10.5 Å². The number of benzene rings is 1. The molecule has 0 radical (unpaired) electrons. The first-order valence-corrected chi connectivity index (χ1v) is 6.63. The number of halogens is 2. The Morgan fingerprint density at radius 2 is 1.94 bits per heavy atom. The minimum atomic E-state index is -0.298. The molecule has 1 aromatic heterocycles. The van der Waals surface area contributed by atoms with Gasteiger partial charge in [-0.2, -0.15) is 5.10 Å². The number of rotatable bonds is 4. The van der Waals surface area contributed by atoms with E-state index in [1.807, 2.05) is 5.38 Å². The lowest BCUT2D eigenvalue weighted by molar-refractivity contribution is 0.107. The van der Waals surface area contributed by atoms with Gasteiger partial charge in [0.15, 0.2) is 5.17 Å². The topological polar surface area (TPSA) is 41.5 Å². The van der Waals surface area contributed by atoms with Crippen LogP contribution in [-0.4, -0.2) is 11.0 Å². The molecule has 3 nitrogen and oxygen atoms in total. The Morgan fingerprint density at radius 3 is 2.56 bits per heavy atom. The number of nitrogens with zero attached hydrogens (tertiary/aromatic N) is 1. The number of Topliss-reactive ketones (excluding diaryl/α,β-unsaturated/α-hetero) is 1. The van der Waals surface area contributed by atoms with Gasteiger partial charge in [-0.25, -0.2) is 0 Å². The van der Waals surface area contributed by atoms with E-state index in [0.717, 1.165) is 0 Å². The largest absolute Gasteiger partial charge is 0.285 e. The molecular weight excluding hydrogens is 291 g/mol. The van der Waals surface area contributed by atoms with Crippen LogP contribution in [0.15, 0.2) is 46.9 Å². The van der Waals surface area contributed by atoms with Crippen LogP contribution in [0.3, 0.4) is 0 Å². The molecule has 1 N–H and O–H groups in total. The fourth-order valence-electron chi connectivity index (χ4n) is 1.20. The standard InChI is InChI=1S/C12H8Cl2N2OS/c13-8-3-5-9(6-4-8)15-16-12(14)11(17)10-2-1-7-18-10/h1-7,15H. The number of carbonyl (C=O) groups excluding carboxylic acids is 1. The highest BCUT2D eigenvalue weighted by molar-refractivity contribution is 7.14. The quantitative estimate of drug-likeness (QED) is 0.521. The summed E-state index contributed by atoms with van der Waals surface area (Å²) in [5.41, 5.74) is 3.40. The van der Waals surface area contributed by atoms with E-state index in [4.69, 9.17) is 23.2 Å². The Labute approximate surface area is 118 Å². The van der Waals surface area contributed by atoms with E-state index < -0.39 is 0 Å². The molecule has 0 fully saturated rings. The minimum Gasteiger partial charge on any atom is -0.285 e. The molecule has 0 aliphatic carbocycles. The molecule has 2 aromatic rings. The number of hydrogen-bond acceptors (Lipinski definition) is 4. The van der Waals surface area contributed by atoms with Gasteiger partial charge in [-0.15, -0.1) is 11.3 Å². The van der Waals surface area contributed by atoms with Crippen LogP contribution in [-0.2, 0) is 0 Å². The lowest BCUT2D eigenvalue weighted by Crippen LogP contribution is -2.08. The van der Waals surface area contributed by atoms with E-state index in [0.29, 0.717) is 15.6 Å². The van der Waals surface area contributed by atoms with Crippen molar-refractivity contribution in [3.05, 3.63) is 51.7 Å². The van der Waals surface area contributed by atoms with Crippen LogP contribution < -0.4 is 5.43 Å². The van der Waals surface area contributed by atoms with Gasteiger partial charge in [0.2, 0.25) is 5.78 Å². The third-order valence-corrected chi connectivity index (χ3v) is 3.44. The van der Waals surface area contributed by atoms with Crippen molar-refractivity contribution in [1.29, 1.82) is 0 Å². The van der Waals surface area contributed by atoms with Crippen molar-refractivity contribution >= 4 is 51.2 Å². The minimum absolute atomic E-state index is 0.104. The van der Waals surface area contributed by atoms with Crippen LogP contribution in [0.1, 0.15) is 9.67 Å². The second kappa shape index (κ2) is 6.00. The van der Waals surface area contributed by atoms with E-state index >= 15 is 0 Å². The number of carbonyl (C=O) groups is 1. The predicted octanol–water partition coefficient (Wildman–Crippen LogP) is 4.25. The van der Waals surface area contributed by atoms with Crippen molar-refractivity contribution in [3.8, 4) is 0 Å². The predicted molar refractivity (Wildman–Crippen MR) is 77.0 cm³/mol. The van der Waals surface area contributed by atoms with Gasteiger partial charge >= 0.3 is 0 Å². The Kier molecular flexibility index (Phi) is 4.36. The van der Waals surface area contributed by atoms with Gasteiger partial charge in [-0.1, -0.05) is 29.3 Å². The summed E-state index contributed by atoms with van der Waals surface area (Å²) in [6.45, 7) is 0. The fourth-order valence-corrected chi connectivity index (χ4v) is 2.19. The molecule has 0 amide bonds. The van der Waals surface area contributed by atoms with Crippen LogP contribution in [0.5, 0.6) is 0 Å². The lowest BCUT2D eigenvalue weighted by atomic mass is 10.3. The third kappa shape index (κ3) is 3.32. The first kappa shape index (κ1) is 13.1. The van der Waals surface area contributed by atoms with Crippen LogP contribution in [0, 0.1) is 0 Å². The SMILES string of the molecule is O=C(C(Cl)=NNc1ccc(Cl)cc1)c1cccs1. The number of thiophene rings is 1. The van der Waals surface area contributed by atoms with E-state index in [-0.39, 0.29) is 11.0 Å². The summed E-state index contributed by atoms with van der Waals surface area (Å²) < 4.78 is 0. The highest BCUT2D eigenvalue weighted by Crippen LogP contribution is 2.15. The molecule has 1 aromatic carbocycles. The zero-order valence-electron chi connectivity index (χ0n) is 9.06. The van der Waals surface area contributed by atoms with E-state index in [1.54, 1.807) is 36.4 Å². The average molecular weight is 299 g/mol. The van der Waals surface area contributed by atoms with Crippen molar-refractivity contribution < 1.29 is 4.79 Å². The van der Waals surface area contributed by atoms with Gasteiger partial charge in [0.25, 0.3) is 0 Å². The summed E-state index contributed by atoms with van der Waals surface area (Å²) in [5.74, 6) is -0.298. The molecule has 0 saturated carbocycles. The van der Waals surface area contributed by atoms with Gasteiger partial charge in [-0.05, 0) is 35.7 Å². The van der Waals surface area contributed by atoms with Crippen molar-refractivity contribution in [2.24, 2.45) is 5.10 Å². The van der Waals surface area contributed by atoms with Gasteiger partial charge in [0.1, 0.15) is 0 Å². The van der Waals surface area contributed by atoms with Gasteiger partial charge in [-0.3, -0.25) is 10.2 Å². The Hall–Kier alpha value is -1.36. The maximum absolute atomic E-state index is 11.8. The molecule has 1 heterocycles. The number of anilines is 1. The zero-order chi connectivity index (χ0) is 13.0. The molecule has 6 heteroatoms. The summed E-state index contributed by atoms with van der Waals surface area (Å²) >= 11 is 12.9. The monoisotopic (exact) mass is 298 g/mol. The highest BCUT2D eigenvalue weighted by atomic mass is 35.5. The normalized spacial score (nSPS) is 11.3. The molecule has 2 rings (SSSR count). The molecule has 0 aliphatic rings. The number of ketones is 1.